The molecule has 1 aliphatic carbocycles. The maximum Gasteiger partial charge on any atom is 0.0344 e. The number of benzene rings is 1. The summed E-state index contributed by atoms with van der Waals surface area (Å²) in [5, 5.41) is 3.73. The van der Waals surface area contributed by atoms with Crippen molar-refractivity contribution in [3.05, 3.63) is 35.9 Å². The van der Waals surface area contributed by atoms with Crippen LogP contribution in [0.5, 0.6) is 0 Å². The molecule has 1 atom stereocenters. The van der Waals surface area contributed by atoms with Gasteiger partial charge in [0.25, 0.3) is 0 Å². The lowest BCUT2D eigenvalue weighted by Crippen LogP contribution is -2.53. The van der Waals surface area contributed by atoms with Gasteiger partial charge in [0.05, 0.1) is 0 Å². The van der Waals surface area contributed by atoms with Gasteiger partial charge in [-0.05, 0) is 31.2 Å². The Labute approximate surface area is 98.2 Å². The van der Waals surface area contributed by atoms with Gasteiger partial charge in [0, 0.05) is 18.1 Å². The number of nitrogens with one attached hydrogen (secondary N) is 1. The Balaban J connectivity index is 2.06. The molecule has 0 aromatic heterocycles. The average molecular weight is 218 g/mol. The molecule has 1 aromatic rings. The van der Waals surface area contributed by atoms with Crippen LogP contribution in [-0.2, 0) is 6.42 Å². The van der Waals surface area contributed by atoms with Crippen LogP contribution in [-0.4, -0.2) is 18.1 Å². The van der Waals surface area contributed by atoms with E-state index < -0.39 is 0 Å². The van der Waals surface area contributed by atoms with E-state index in [1.165, 1.54) is 18.4 Å². The highest BCUT2D eigenvalue weighted by atomic mass is 15.1. The zero-order chi connectivity index (χ0) is 11.4. The van der Waals surface area contributed by atoms with Gasteiger partial charge in [-0.25, -0.2) is 0 Å². The lowest BCUT2D eigenvalue weighted by Gasteiger charge is -2.33. The molecule has 3 N–H and O–H groups in total. The molecule has 2 rings (SSSR count). The zero-order valence-electron chi connectivity index (χ0n) is 10.1. The molecule has 0 spiro atoms. The Morgan fingerprint density at radius 3 is 2.50 bits per heavy atom. The summed E-state index contributed by atoms with van der Waals surface area (Å²) < 4.78 is 0. The summed E-state index contributed by atoms with van der Waals surface area (Å²) in [4.78, 5) is 0. The number of hydrogen-bond donors (Lipinski definition) is 2. The first kappa shape index (κ1) is 11.6. The molecule has 0 aliphatic heterocycles. The molecule has 0 heterocycles. The Bertz CT molecular complexity index is 313. The van der Waals surface area contributed by atoms with E-state index in [0.717, 1.165) is 19.4 Å². The molecular weight excluding hydrogens is 196 g/mol. The molecule has 88 valence electrons. The van der Waals surface area contributed by atoms with Crippen LogP contribution in [0.3, 0.4) is 0 Å². The third kappa shape index (κ3) is 2.83. The normalized spacial score (nSPS) is 19.4. The van der Waals surface area contributed by atoms with Crippen molar-refractivity contribution in [3.63, 3.8) is 0 Å². The second kappa shape index (κ2) is 4.98. The Hall–Kier alpha value is -0.860. The highest BCUT2D eigenvalue weighted by molar-refractivity contribution is 5.18. The molecule has 1 aliphatic rings. The smallest absolute Gasteiger partial charge is 0.0344 e. The van der Waals surface area contributed by atoms with E-state index in [9.17, 15) is 0 Å². The third-order valence-electron chi connectivity index (χ3n) is 3.54. The van der Waals surface area contributed by atoms with E-state index in [0.29, 0.717) is 6.04 Å². The molecule has 1 aromatic carbocycles. The molecule has 0 saturated heterocycles. The highest BCUT2D eigenvalue weighted by Gasteiger charge is 2.33. The van der Waals surface area contributed by atoms with Crippen LogP contribution >= 0.6 is 0 Å². The van der Waals surface area contributed by atoms with Crippen molar-refractivity contribution in [3.8, 4) is 0 Å². The first-order valence-corrected chi connectivity index (χ1v) is 6.30. The molecule has 1 unspecified atom stereocenters. The lowest BCUT2D eigenvalue weighted by atomic mass is 9.88. The fourth-order valence-electron chi connectivity index (χ4n) is 2.20. The second-order valence-corrected chi connectivity index (χ2v) is 4.92. The van der Waals surface area contributed by atoms with Crippen LogP contribution in [0.15, 0.2) is 30.3 Å². The first-order chi connectivity index (χ1) is 7.78. The third-order valence-corrected chi connectivity index (χ3v) is 3.54. The summed E-state index contributed by atoms with van der Waals surface area (Å²) in [6, 6.07) is 11.4. The molecule has 1 saturated carbocycles. The molecule has 0 radical (unpaired) electrons. The van der Waals surface area contributed by atoms with Crippen molar-refractivity contribution < 1.29 is 0 Å². The van der Waals surface area contributed by atoms with Crippen LogP contribution in [0.25, 0.3) is 0 Å². The molecule has 16 heavy (non-hydrogen) atoms. The van der Waals surface area contributed by atoms with Crippen molar-refractivity contribution in [1.29, 1.82) is 0 Å². The van der Waals surface area contributed by atoms with E-state index in [-0.39, 0.29) is 5.54 Å². The van der Waals surface area contributed by atoms with Crippen molar-refractivity contribution in [2.75, 3.05) is 6.54 Å². The van der Waals surface area contributed by atoms with E-state index in [2.05, 4.69) is 42.6 Å². The summed E-state index contributed by atoms with van der Waals surface area (Å²) >= 11 is 0. The maximum absolute atomic E-state index is 5.98. The van der Waals surface area contributed by atoms with Gasteiger partial charge in [-0.2, -0.15) is 0 Å². The van der Waals surface area contributed by atoms with E-state index in [1.54, 1.807) is 0 Å². The van der Waals surface area contributed by atoms with Gasteiger partial charge < -0.3 is 11.1 Å². The fraction of sp³-hybridized carbons (Fsp3) is 0.571. The minimum absolute atomic E-state index is 0.0997. The van der Waals surface area contributed by atoms with Crippen molar-refractivity contribution >= 4 is 0 Å². The van der Waals surface area contributed by atoms with Crippen molar-refractivity contribution in [1.82, 2.24) is 5.32 Å². The van der Waals surface area contributed by atoms with Gasteiger partial charge in [-0.3, -0.25) is 0 Å². The van der Waals surface area contributed by atoms with Crippen LogP contribution in [0.4, 0.5) is 0 Å². The summed E-state index contributed by atoms with van der Waals surface area (Å²) in [5.74, 6) is 0. The van der Waals surface area contributed by atoms with Crippen LogP contribution in [0, 0.1) is 0 Å². The molecule has 1 fully saturated rings. The van der Waals surface area contributed by atoms with Gasteiger partial charge >= 0.3 is 0 Å². The molecular formula is C14H22N2. The monoisotopic (exact) mass is 218 g/mol. The number of rotatable bonds is 6. The highest BCUT2D eigenvalue weighted by Crippen LogP contribution is 2.26. The minimum Gasteiger partial charge on any atom is -0.329 e. The standard InChI is InChI=1S/C14H22N2/c1-2-14(11-15,16-13-8-9-13)10-12-6-4-3-5-7-12/h3-7,13,16H,2,8-11,15H2,1H3. The topological polar surface area (TPSA) is 38.0 Å². The largest absolute Gasteiger partial charge is 0.329 e. The fourth-order valence-corrected chi connectivity index (χ4v) is 2.20. The van der Waals surface area contributed by atoms with Crippen LogP contribution < -0.4 is 11.1 Å². The van der Waals surface area contributed by atoms with E-state index in [1.807, 2.05) is 0 Å². The average Bonchev–Trinajstić information content (AvgIpc) is 3.13. The van der Waals surface area contributed by atoms with Gasteiger partial charge in [0.15, 0.2) is 0 Å². The van der Waals surface area contributed by atoms with Crippen LogP contribution in [0.1, 0.15) is 31.7 Å². The number of hydrogen-bond acceptors (Lipinski definition) is 2. The summed E-state index contributed by atoms with van der Waals surface area (Å²) in [5.41, 5.74) is 7.46. The van der Waals surface area contributed by atoms with Crippen molar-refractivity contribution in [2.45, 2.75) is 44.2 Å². The molecule has 2 nitrogen and oxygen atoms in total. The van der Waals surface area contributed by atoms with Gasteiger partial charge in [0.1, 0.15) is 0 Å². The molecule has 0 amide bonds. The van der Waals surface area contributed by atoms with Gasteiger partial charge in [-0.15, -0.1) is 0 Å². The number of nitrogens with two attached hydrogens (primary N) is 1. The summed E-state index contributed by atoms with van der Waals surface area (Å²) in [7, 11) is 0. The van der Waals surface area contributed by atoms with E-state index >= 15 is 0 Å². The minimum atomic E-state index is 0.0997. The molecule has 0 bridgehead atoms. The van der Waals surface area contributed by atoms with Gasteiger partial charge in [-0.1, -0.05) is 37.3 Å². The first-order valence-electron chi connectivity index (χ1n) is 6.30. The quantitative estimate of drug-likeness (QED) is 0.767. The van der Waals surface area contributed by atoms with Crippen molar-refractivity contribution in [2.24, 2.45) is 5.73 Å². The zero-order valence-corrected chi connectivity index (χ0v) is 10.1. The Kier molecular flexibility index (Phi) is 3.62. The lowest BCUT2D eigenvalue weighted by molar-refractivity contribution is 0.315. The summed E-state index contributed by atoms with van der Waals surface area (Å²) in [6.45, 7) is 2.94. The second-order valence-electron chi connectivity index (χ2n) is 4.92. The van der Waals surface area contributed by atoms with Gasteiger partial charge in [0.2, 0.25) is 0 Å². The summed E-state index contributed by atoms with van der Waals surface area (Å²) in [6.07, 6.45) is 4.76. The molecule has 2 heteroatoms. The Morgan fingerprint density at radius 2 is 2.00 bits per heavy atom. The maximum atomic E-state index is 5.98. The van der Waals surface area contributed by atoms with Crippen LogP contribution in [0.2, 0.25) is 0 Å². The predicted octanol–water partition coefficient (Wildman–Crippen LogP) is 2.09. The predicted molar refractivity (Wildman–Crippen MR) is 68.4 cm³/mol. The van der Waals surface area contributed by atoms with E-state index in [4.69, 9.17) is 5.73 Å². The SMILES string of the molecule is CCC(CN)(Cc1ccccc1)NC1CC1. The Morgan fingerprint density at radius 1 is 1.31 bits per heavy atom.